The minimum atomic E-state index is 0.890. The van der Waals surface area contributed by atoms with E-state index in [0.29, 0.717) is 0 Å². The van der Waals surface area contributed by atoms with Gasteiger partial charge in [-0.05, 0) is 23.6 Å². The Kier molecular flexibility index (Phi) is 1.64. The van der Waals surface area contributed by atoms with Crippen molar-refractivity contribution < 1.29 is 4.42 Å². The number of fused-ring (bicyclic) bond motifs is 1. The Bertz CT molecular complexity index is 520. The summed E-state index contributed by atoms with van der Waals surface area (Å²) in [6.07, 6.45) is 3.55. The summed E-state index contributed by atoms with van der Waals surface area (Å²) >= 11 is 1.67. The highest BCUT2D eigenvalue weighted by atomic mass is 32.1. The molecule has 3 heteroatoms. The lowest BCUT2D eigenvalue weighted by atomic mass is 10.2. The van der Waals surface area contributed by atoms with Gasteiger partial charge in [-0.25, -0.2) is 0 Å². The normalized spacial score (nSPS) is 10.9. The molecule has 0 aliphatic carbocycles. The smallest absolute Gasteiger partial charge is 0.137 e. The first-order chi connectivity index (χ1) is 6.93. The molecule has 0 bridgehead atoms. The van der Waals surface area contributed by atoms with Crippen LogP contribution < -0.4 is 0 Å². The van der Waals surface area contributed by atoms with E-state index in [1.807, 2.05) is 23.7 Å². The average molecular weight is 201 g/mol. The van der Waals surface area contributed by atoms with Crippen LogP contribution in [0.4, 0.5) is 0 Å². The van der Waals surface area contributed by atoms with E-state index in [-0.39, 0.29) is 0 Å². The SMILES string of the molecule is c1cc2oc(-c3ccsc3)cc2cn1. The summed E-state index contributed by atoms with van der Waals surface area (Å²) in [6, 6.07) is 5.95. The molecular weight excluding hydrogens is 194 g/mol. The van der Waals surface area contributed by atoms with Crippen molar-refractivity contribution in [2.75, 3.05) is 0 Å². The molecule has 0 aromatic carbocycles. The van der Waals surface area contributed by atoms with Crippen LogP contribution in [0.1, 0.15) is 0 Å². The molecule has 14 heavy (non-hydrogen) atoms. The van der Waals surface area contributed by atoms with Crippen LogP contribution in [0.15, 0.2) is 45.8 Å². The Morgan fingerprint density at radius 2 is 2.29 bits per heavy atom. The zero-order chi connectivity index (χ0) is 9.38. The van der Waals surface area contributed by atoms with Crippen LogP contribution in [0.5, 0.6) is 0 Å². The molecule has 3 aromatic heterocycles. The molecule has 0 fully saturated rings. The predicted octanol–water partition coefficient (Wildman–Crippen LogP) is 3.56. The van der Waals surface area contributed by atoms with Crippen molar-refractivity contribution >= 4 is 22.3 Å². The Hall–Kier alpha value is -1.61. The van der Waals surface area contributed by atoms with Gasteiger partial charge >= 0.3 is 0 Å². The van der Waals surface area contributed by atoms with E-state index in [2.05, 4.69) is 16.4 Å². The predicted molar refractivity (Wildman–Crippen MR) is 57.3 cm³/mol. The lowest BCUT2D eigenvalue weighted by Crippen LogP contribution is -1.65. The molecule has 0 N–H and O–H groups in total. The monoisotopic (exact) mass is 201 g/mol. The lowest BCUT2D eigenvalue weighted by Gasteiger charge is -1.86. The Balaban J connectivity index is 2.24. The second-order valence-corrected chi connectivity index (χ2v) is 3.82. The van der Waals surface area contributed by atoms with Crippen LogP contribution in [0.2, 0.25) is 0 Å². The van der Waals surface area contributed by atoms with Gasteiger partial charge in [0.05, 0.1) is 0 Å². The van der Waals surface area contributed by atoms with Gasteiger partial charge in [-0.1, -0.05) is 0 Å². The van der Waals surface area contributed by atoms with E-state index in [9.17, 15) is 0 Å². The number of aromatic nitrogens is 1. The molecule has 3 heterocycles. The van der Waals surface area contributed by atoms with Crippen LogP contribution in [-0.2, 0) is 0 Å². The summed E-state index contributed by atoms with van der Waals surface area (Å²) in [5.41, 5.74) is 2.02. The third kappa shape index (κ3) is 1.14. The molecule has 0 radical (unpaired) electrons. The number of nitrogens with zero attached hydrogens (tertiary/aromatic N) is 1. The third-order valence-electron chi connectivity index (χ3n) is 2.12. The van der Waals surface area contributed by atoms with Crippen molar-refractivity contribution in [1.82, 2.24) is 4.98 Å². The molecule has 3 aromatic rings. The number of hydrogen-bond donors (Lipinski definition) is 0. The van der Waals surface area contributed by atoms with Gasteiger partial charge in [0.2, 0.25) is 0 Å². The third-order valence-corrected chi connectivity index (χ3v) is 2.81. The van der Waals surface area contributed by atoms with Gasteiger partial charge in [0, 0.05) is 28.7 Å². The maximum Gasteiger partial charge on any atom is 0.137 e. The van der Waals surface area contributed by atoms with Gasteiger partial charge in [0.1, 0.15) is 11.3 Å². The summed E-state index contributed by atoms with van der Waals surface area (Å²) in [7, 11) is 0. The van der Waals surface area contributed by atoms with Crippen LogP contribution in [-0.4, -0.2) is 4.98 Å². The molecule has 3 rings (SSSR count). The van der Waals surface area contributed by atoms with Crippen LogP contribution in [0.3, 0.4) is 0 Å². The Morgan fingerprint density at radius 3 is 3.07 bits per heavy atom. The van der Waals surface area contributed by atoms with E-state index >= 15 is 0 Å². The number of thiophene rings is 1. The van der Waals surface area contributed by atoms with Gasteiger partial charge < -0.3 is 4.42 Å². The largest absolute Gasteiger partial charge is 0.456 e. The molecule has 0 saturated heterocycles. The van der Waals surface area contributed by atoms with Crippen molar-refractivity contribution in [2.45, 2.75) is 0 Å². The number of furan rings is 1. The number of hydrogen-bond acceptors (Lipinski definition) is 3. The fourth-order valence-electron chi connectivity index (χ4n) is 1.43. The zero-order valence-corrected chi connectivity index (χ0v) is 8.12. The summed E-state index contributed by atoms with van der Waals surface area (Å²) in [5, 5.41) is 5.17. The first-order valence-electron chi connectivity index (χ1n) is 4.29. The maximum atomic E-state index is 5.68. The second kappa shape index (κ2) is 2.96. The van der Waals surface area contributed by atoms with E-state index in [1.165, 1.54) is 0 Å². The lowest BCUT2D eigenvalue weighted by molar-refractivity contribution is 0.631. The second-order valence-electron chi connectivity index (χ2n) is 3.04. The molecule has 68 valence electrons. The van der Waals surface area contributed by atoms with Gasteiger partial charge in [-0.2, -0.15) is 11.3 Å². The van der Waals surface area contributed by atoms with Gasteiger partial charge in [-0.15, -0.1) is 0 Å². The molecule has 0 aliphatic rings. The van der Waals surface area contributed by atoms with Crippen LogP contribution >= 0.6 is 11.3 Å². The molecule has 0 amide bonds. The molecule has 0 unspecified atom stereocenters. The fraction of sp³-hybridized carbons (Fsp3) is 0. The van der Waals surface area contributed by atoms with E-state index in [4.69, 9.17) is 4.42 Å². The van der Waals surface area contributed by atoms with E-state index in [1.54, 1.807) is 17.5 Å². The fourth-order valence-corrected chi connectivity index (χ4v) is 2.08. The van der Waals surface area contributed by atoms with Crippen molar-refractivity contribution in [3.63, 3.8) is 0 Å². The number of pyridine rings is 1. The van der Waals surface area contributed by atoms with Crippen LogP contribution in [0.25, 0.3) is 22.3 Å². The minimum absolute atomic E-state index is 0.890. The van der Waals surface area contributed by atoms with Gasteiger partial charge in [0.15, 0.2) is 0 Å². The number of rotatable bonds is 1. The zero-order valence-electron chi connectivity index (χ0n) is 7.31. The summed E-state index contributed by atoms with van der Waals surface area (Å²) < 4.78 is 5.68. The highest BCUT2D eigenvalue weighted by molar-refractivity contribution is 7.08. The standard InChI is InChI=1S/C11H7NOS/c1-3-12-6-9-5-11(13-10(1)9)8-2-4-14-7-8/h1-7H. The van der Waals surface area contributed by atoms with Gasteiger partial charge in [-0.3, -0.25) is 4.98 Å². The molecular formula is C11H7NOS. The highest BCUT2D eigenvalue weighted by Gasteiger charge is 2.05. The first-order valence-corrected chi connectivity index (χ1v) is 5.24. The quantitative estimate of drug-likeness (QED) is 0.601. The summed E-state index contributed by atoms with van der Waals surface area (Å²) in [5.74, 6) is 0.911. The van der Waals surface area contributed by atoms with Crippen molar-refractivity contribution in [3.8, 4) is 11.3 Å². The maximum absolute atomic E-state index is 5.68. The van der Waals surface area contributed by atoms with Crippen molar-refractivity contribution in [3.05, 3.63) is 41.4 Å². The molecule has 2 nitrogen and oxygen atoms in total. The Labute approximate surface area is 84.8 Å². The van der Waals surface area contributed by atoms with E-state index in [0.717, 1.165) is 22.3 Å². The molecule has 0 atom stereocenters. The van der Waals surface area contributed by atoms with Crippen LogP contribution in [0, 0.1) is 0 Å². The summed E-state index contributed by atoms with van der Waals surface area (Å²) in [6.45, 7) is 0. The topological polar surface area (TPSA) is 26.0 Å². The van der Waals surface area contributed by atoms with Gasteiger partial charge in [0.25, 0.3) is 0 Å². The average Bonchev–Trinajstić information content (AvgIpc) is 2.86. The van der Waals surface area contributed by atoms with Crippen molar-refractivity contribution in [1.29, 1.82) is 0 Å². The summed E-state index contributed by atoms with van der Waals surface area (Å²) in [4.78, 5) is 4.05. The molecule has 0 saturated carbocycles. The van der Waals surface area contributed by atoms with Crippen molar-refractivity contribution in [2.24, 2.45) is 0 Å². The van der Waals surface area contributed by atoms with E-state index < -0.39 is 0 Å². The molecule has 0 spiro atoms. The minimum Gasteiger partial charge on any atom is -0.456 e. The Morgan fingerprint density at radius 1 is 1.29 bits per heavy atom. The molecule has 0 aliphatic heterocycles. The highest BCUT2D eigenvalue weighted by Crippen LogP contribution is 2.28. The first kappa shape index (κ1) is 7.76.